The molecule has 1 heterocycles. The SMILES string of the molecule is COC1CCCN(C(=O)C2CCCCC2CN)C1. The van der Waals surface area contributed by atoms with Gasteiger partial charge in [-0.3, -0.25) is 4.79 Å². The van der Waals surface area contributed by atoms with Crippen molar-refractivity contribution in [3.63, 3.8) is 0 Å². The second-order valence-corrected chi connectivity index (χ2v) is 5.67. The van der Waals surface area contributed by atoms with E-state index >= 15 is 0 Å². The zero-order chi connectivity index (χ0) is 13.0. The Labute approximate surface area is 110 Å². The molecule has 0 bridgehead atoms. The first-order valence-electron chi connectivity index (χ1n) is 7.28. The van der Waals surface area contributed by atoms with Crippen LogP contribution in [0.3, 0.4) is 0 Å². The predicted octanol–water partition coefficient (Wildman–Crippen LogP) is 1.39. The van der Waals surface area contributed by atoms with Gasteiger partial charge in [0.2, 0.25) is 5.91 Å². The molecule has 18 heavy (non-hydrogen) atoms. The van der Waals surface area contributed by atoms with E-state index in [4.69, 9.17) is 10.5 Å². The predicted molar refractivity (Wildman–Crippen MR) is 71.1 cm³/mol. The van der Waals surface area contributed by atoms with Crippen molar-refractivity contribution in [3.05, 3.63) is 0 Å². The molecule has 2 aliphatic rings. The molecule has 3 atom stereocenters. The van der Waals surface area contributed by atoms with Crippen molar-refractivity contribution >= 4 is 5.91 Å². The molecule has 4 heteroatoms. The molecule has 1 saturated carbocycles. The van der Waals surface area contributed by atoms with E-state index in [1.165, 1.54) is 12.8 Å². The minimum absolute atomic E-state index is 0.166. The van der Waals surface area contributed by atoms with Crippen LogP contribution in [0.2, 0.25) is 0 Å². The van der Waals surface area contributed by atoms with Crippen molar-refractivity contribution in [2.24, 2.45) is 17.6 Å². The van der Waals surface area contributed by atoms with E-state index in [1.54, 1.807) is 7.11 Å². The van der Waals surface area contributed by atoms with Gasteiger partial charge in [-0.25, -0.2) is 0 Å². The van der Waals surface area contributed by atoms with Crippen LogP contribution >= 0.6 is 0 Å². The normalized spacial score (nSPS) is 33.4. The summed E-state index contributed by atoms with van der Waals surface area (Å²) < 4.78 is 5.39. The quantitative estimate of drug-likeness (QED) is 0.828. The first kappa shape index (κ1) is 13.8. The van der Waals surface area contributed by atoms with Gasteiger partial charge in [0, 0.05) is 26.1 Å². The zero-order valence-corrected chi connectivity index (χ0v) is 11.4. The third-order valence-electron chi connectivity index (χ3n) is 4.55. The van der Waals surface area contributed by atoms with E-state index in [9.17, 15) is 4.79 Å². The molecule has 1 aliphatic heterocycles. The maximum atomic E-state index is 12.6. The van der Waals surface area contributed by atoms with Gasteiger partial charge < -0.3 is 15.4 Å². The summed E-state index contributed by atoms with van der Waals surface area (Å²) in [5, 5.41) is 0. The van der Waals surface area contributed by atoms with Crippen LogP contribution in [-0.2, 0) is 9.53 Å². The number of rotatable bonds is 3. The fourth-order valence-electron chi connectivity index (χ4n) is 3.38. The molecule has 2 rings (SSSR count). The summed E-state index contributed by atoms with van der Waals surface area (Å²) >= 11 is 0. The molecule has 0 radical (unpaired) electrons. The summed E-state index contributed by atoms with van der Waals surface area (Å²) in [5.74, 6) is 0.889. The first-order valence-corrected chi connectivity index (χ1v) is 7.28. The number of amides is 1. The highest BCUT2D eigenvalue weighted by Crippen LogP contribution is 2.31. The average molecular weight is 254 g/mol. The van der Waals surface area contributed by atoms with E-state index < -0.39 is 0 Å². The second kappa shape index (κ2) is 6.53. The van der Waals surface area contributed by atoms with Gasteiger partial charge in [0.25, 0.3) is 0 Å². The Morgan fingerprint density at radius 2 is 2.06 bits per heavy atom. The molecule has 0 aromatic carbocycles. The maximum absolute atomic E-state index is 12.6. The molecule has 104 valence electrons. The number of likely N-dealkylation sites (tertiary alicyclic amines) is 1. The van der Waals surface area contributed by atoms with Gasteiger partial charge in [0.1, 0.15) is 0 Å². The Bertz CT molecular complexity index is 283. The van der Waals surface area contributed by atoms with E-state index in [0.717, 1.165) is 38.8 Å². The van der Waals surface area contributed by atoms with Gasteiger partial charge >= 0.3 is 0 Å². The molecule has 2 fully saturated rings. The van der Waals surface area contributed by atoms with Gasteiger partial charge in [-0.2, -0.15) is 0 Å². The summed E-state index contributed by atoms with van der Waals surface area (Å²) in [5.41, 5.74) is 5.82. The van der Waals surface area contributed by atoms with Crippen LogP contribution in [0, 0.1) is 11.8 Å². The first-order chi connectivity index (χ1) is 8.76. The van der Waals surface area contributed by atoms with E-state index in [0.29, 0.717) is 18.4 Å². The average Bonchev–Trinajstić information content (AvgIpc) is 2.46. The van der Waals surface area contributed by atoms with E-state index in [2.05, 4.69) is 0 Å². The third kappa shape index (κ3) is 3.04. The monoisotopic (exact) mass is 254 g/mol. The van der Waals surface area contributed by atoms with E-state index in [1.807, 2.05) is 4.90 Å². The number of hydrogen-bond acceptors (Lipinski definition) is 3. The summed E-state index contributed by atoms with van der Waals surface area (Å²) in [7, 11) is 1.74. The third-order valence-corrected chi connectivity index (χ3v) is 4.55. The topological polar surface area (TPSA) is 55.6 Å². The largest absolute Gasteiger partial charge is 0.380 e. The lowest BCUT2D eigenvalue weighted by molar-refractivity contribution is -0.142. The Kier molecular flexibility index (Phi) is 5.01. The number of carbonyl (C=O) groups is 1. The lowest BCUT2D eigenvalue weighted by atomic mass is 9.78. The van der Waals surface area contributed by atoms with Crippen molar-refractivity contribution in [3.8, 4) is 0 Å². The minimum Gasteiger partial charge on any atom is -0.380 e. The molecule has 1 amide bonds. The number of methoxy groups -OCH3 is 1. The fraction of sp³-hybridized carbons (Fsp3) is 0.929. The lowest BCUT2D eigenvalue weighted by Gasteiger charge is -2.38. The minimum atomic E-state index is 0.166. The summed E-state index contributed by atoms with van der Waals surface area (Å²) in [6.45, 7) is 2.31. The molecule has 0 aromatic heterocycles. The van der Waals surface area contributed by atoms with Crippen LogP contribution in [0.15, 0.2) is 0 Å². The van der Waals surface area contributed by atoms with Gasteiger partial charge in [-0.15, -0.1) is 0 Å². The Balaban J connectivity index is 1.96. The van der Waals surface area contributed by atoms with Crippen LogP contribution in [0.5, 0.6) is 0 Å². The van der Waals surface area contributed by atoms with Crippen molar-refractivity contribution in [2.75, 3.05) is 26.7 Å². The van der Waals surface area contributed by atoms with Gasteiger partial charge in [0.15, 0.2) is 0 Å². The Morgan fingerprint density at radius 3 is 2.78 bits per heavy atom. The van der Waals surface area contributed by atoms with Gasteiger partial charge in [-0.05, 0) is 38.1 Å². The molecular weight excluding hydrogens is 228 g/mol. The molecule has 0 aromatic rings. The molecule has 4 nitrogen and oxygen atoms in total. The Hall–Kier alpha value is -0.610. The molecule has 3 unspecified atom stereocenters. The number of ether oxygens (including phenoxy) is 1. The smallest absolute Gasteiger partial charge is 0.226 e. The van der Waals surface area contributed by atoms with Crippen LogP contribution in [-0.4, -0.2) is 43.7 Å². The van der Waals surface area contributed by atoms with Crippen LogP contribution in [0.4, 0.5) is 0 Å². The van der Waals surface area contributed by atoms with Gasteiger partial charge in [-0.1, -0.05) is 12.8 Å². The molecule has 0 spiro atoms. The number of carbonyl (C=O) groups excluding carboxylic acids is 1. The molecule has 1 saturated heterocycles. The second-order valence-electron chi connectivity index (χ2n) is 5.67. The van der Waals surface area contributed by atoms with Crippen molar-refractivity contribution in [2.45, 2.75) is 44.6 Å². The highest BCUT2D eigenvalue weighted by atomic mass is 16.5. The van der Waals surface area contributed by atoms with Crippen molar-refractivity contribution < 1.29 is 9.53 Å². The summed E-state index contributed by atoms with van der Waals surface area (Å²) in [6, 6.07) is 0. The maximum Gasteiger partial charge on any atom is 0.226 e. The molecule has 2 N–H and O–H groups in total. The zero-order valence-electron chi connectivity index (χ0n) is 11.4. The molecular formula is C14H26N2O2. The van der Waals surface area contributed by atoms with E-state index in [-0.39, 0.29) is 12.0 Å². The fourth-order valence-corrected chi connectivity index (χ4v) is 3.38. The number of nitrogens with two attached hydrogens (primary N) is 1. The van der Waals surface area contributed by atoms with Crippen molar-refractivity contribution in [1.82, 2.24) is 4.90 Å². The Morgan fingerprint density at radius 1 is 1.28 bits per heavy atom. The van der Waals surface area contributed by atoms with Crippen LogP contribution in [0.1, 0.15) is 38.5 Å². The number of hydrogen-bond donors (Lipinski definition) is 1. The van der Waals surface area contributed by atoms with Gasteiger partial charge in [0.05, 0.1) is 6.10 Å². The standard InChI is InChI=1S/C14H26N2O2/c1-18-12-6-4-8-16(10-12)14(17)13-7-3-2-5-11(13)9-15/h11-13H,2-10,15H2,1H3. The summed E-state index contributed by atoms with van der Waals surface area (Å²) in [4.78, 5) is 14.6. The number of piperidine rings is 1. The highest BCUT2D eigenvalue weighted by Gasteiger charge is 2.34. The number of nitrogens with zero attached hydrogens (tertiary/aromatic N) is 1. The van der Waals surface area contributed by atoms with Crippen LogP contribution < -0.4 is 5.73 Å². The molecule has 1 aliphatic carbocycles. The summed E-state index contributed by atoms with van der Waals surface area (Å²) in [6.07, 6.45) is 6.90. The highest BCUT2D eigenvalue weighted by molar-refractivity contribution is 5.79. The van der Waals surface area contributed by atoms with Crippen LogP contribution in [0.25, 0.3) is 0 Å². The lowest BCUT2D eigenvalue weighted by Crippen LogP contribution is -2.48. The van der Waals surface area contributed by atoms with Crippen molar-refractivity contribution in [1.29, 1.82) is 0 Å².